The van der Waals surface area contributed by atoms with Gasteiger partial charge in [-0.15, -0.1) is 5.10 Å². The molecule has 3 nitrogen and oxygen atoms in total. The molecule has 16 heavy (non-hydrogen) atoms. The molecule has 1 aromatic heterocycles. The van der Waals surface area contributed by atoms with Crippen LogP contribution in [-0.2, 0) is 6.54 Å². The Morgan fingerprint density at radius 1 is 1.31 bits per heavy atom. The molecule has 1 fully saturated rings. The highest BCUT2D eigenvalue weighted by molar-refractivity contribution is 7.03. The van der Waals surface area contributed by atoms with Crippen molar-refractivity contribution in [2.75, 3.05) is 6.54 Å². The maximum atomic E-state index is 4.01. The van der Waals surface area contributed by atoms with Gasteiger partial charge in [0.1, 0.15) is 0 Å². The maximum absolute atomic E-state index is 4.01. The van der Waals surface area contributed by atoms with Crippen molar-refractivity contribution in [1.82, 2.24) is 14.9 Å². The van der Waals surface area contributed by atoms with Crippen LogP contribution in [-0.4, -0.2) is 16.1 Å². The molecule has 1 aliphatic rings. The second kappa shape index (κ2) is 6.97. The van der Waals surface area contributed by atoms with Gasteiger partial charge in [-0.3, -0.25) is 0 Å². The van der Waals surface area contributed by atoms with Gasteiger partial charge in [-0.2, -0.15) is 0 Å². The lowest BCUT2D eigenvalue weighted by Gasteiger charge is -2.21. The molecule has 0 aromatic carbocycles. The van der Waals surface area contributed by atoms with Gasteiger partial charge in [0.25, 0.3) is 0 Å². The van der Waals surface area contributed by atoms with Crippen LogP contribution in [0.25, 0.3) is 0 Å². The van der Waals surface area contributed by atoms with Crippen LogP contribution >= 0.6 is 11.5 Å². The molecule has 0 saturated heterocycles. The van der Waals surface area contributed by atoms with E-state index in [0.29, 0.717) is 0 Å². The predicted octanol–water partition coefficient (Wildman–Crippen LogP) is 2.99. The number of nitrogens with zero attached hydrogens (tertiary/aromatic N) is 2. The summed E-state index contributed by atoms with van der Waals surface area (Å²) in [6.45, 7) is 2.00. The van der Waals surface area contributed by atoms with Crippen molar-refractivity contribution in [2.45, 2.75) is 51.5 Å². The minimum Gasteiger partial charge on any atom is -0.311 e. The van der Waals surface area contributed by atoms with E-state index in [-0.39, 0.29) is 0 Å². The second-order valence-corrected chi connectivity index (χ2v) is 5.33. The summed E-state index contributed by atoms with van der Waals surface area (Å²) in [6.07, 6.45) is 10.0. The van der Waals surface area contributed by atoms with E-state index in [9.17, 15) is 0 Å². The molecule has 1 aliphatic carbocycles. The third kappa shape index (κ3) is 4.18. The number of aromatic nitrogens is 2. The minimum atomic E-state index is 0.876. The Bertz CT molecular complexity index is 268. The molecule has 90 valence electrons. The third-order valence-electron chi connectivity index (χ3n) is 3.40. The zero-order valence-electron chi connectivity index (χ0n) is 9.82. The van der Waals surface area contributed by atoms with Crippen molar-refractivity contribution in [1.29, 1.82) is 0 Å². The first-order valence-corrected chi connectivity index (χ1v) is 7.25. The van der Waals surface area contributed by atoms with Crippen LogP contribution in [0, 0.1) is 5.92 Å². The fraction of sp³-hybridized carbons (Fsp3) is 0.833. The highest BCUT2D eigenvalue weighted by atomic mass is 32.1. The highest BCUT2D eigenvalue weighted by Crippen LogP contribution is 2.26. The lowest BCUT2D eigenvalue weighted by atomic mass is 9.86. The third-order valence-corrected chi connectivity index (χ3v) is 3.96. The number of hydrogen-bond acceptors (Lipinski definition) is 4. The number of nitrogens with one attached hydrogen (secondary N) is 1. The molecule has 0 aliphatic heterocycles. The Labute approximate surface area is 102 Å². The van der Waals surface area contributed by atoms with E-state index in [2.05, 4.69) is 14.9 Å². The summed E-state index contributed by atoms with van der Waals surface area (Å²) in [7, 11) is 0. The Hall–Kier alpha value is -0.480. The molecule has 1 aromatic rings. The second-order valence-electron chi connectivity index (χ2n) is 4.72. The van der Waals surface area contributed by atoms with Gasteiger partial charge in [0.15, 0.2) is 0 Å². The Kier molecular flexibility index (Phi) is 5.22. The monoisotopic (exact) mass is 239 g/mol. The van der Waals surface area contributed by atoms with Crippen LogP contribution in [0.5, 0.6) is 0 Å². The first kappa shape index (κ1) is 12.0. The van der Waals surface area contributed by atoms with E-state index in [1.807, 2.05) is 5.38 Å². The quantitative estimate of drug-likeness (QED) is 0.776. The summed E-state index contributed by atoms with van der Waals surface area (Å²) in [6, 6.07) is 0. The van der Waals surface area contributed by atoms with E-state index in [4.69, 9.17) is 0 Å². The van der Waals surface area contributed by atoms with Crippen LogP contribution in [0.15, 0.2) is 5.38 Å². The summed E-state index contributed by atoms with van der Waals surface area (Å²) < 4.78 is 3.85. The lowest BCUT2D eigenvalue weighted by Crippen LogP contribution is -2.16. The minimum absolute atomic E-state index is 0.876. The molecule has 0 unspecified atom stereocenters. The molecule has 0 bridgehead atoms. The van der Waals surface area contributed by atoms with Crippen molar-refractivity contribution in [3.8, 4) is 0 Å². The molecule has 1 saturated carbocycles. The number of rotatable bonds is 6. The van der Waals surface area contributed by atoms with Gasteiger partial charge < -0.3 is 5.32 Å². The van der Waals surface area contributed by atoms with Crippen molar-refractivity contribution in [2.24, 2.45) is 5.92 Å². The molecular weight excluding hydrogens is 218 g/mol. The van der Waals surface area contributed by atoms with Crippen molar-refractivity contribution in [3.05, 3.63) is 11.1 Å². The van der Waals surface area contributed by atoms with E-state index in [1.54, 1.807) is 0 Å². The summed E-state index contributed by atoms with van der Waals surface area (Å²) in [5, 5.41) is 9.45. The average Bonchev–Trinajstić information content (AvgIpc) is 2.83. The van der Waals surface area contributed by atoms with Crippen molar-refractivity contribution in [3.63, 3.8) is 0 Å². The molecule has 0 radical (unpaired) electrons. The topological polar surface area (TPSA) is 37.8 Å². The largest absolute Gasteiger partial charge is 0.311 e. The van der Waals surface area contributed by atoms with Gasteiger partial charge in [-0.25, -0.2) is 0 Å². The Balaban J connectivity index is 1.48. The molecule has 1 N–H and O–H groups in total. The summed E-state index contributed by atoms with van der Waals surface area (Å²) in [5.41, 5.74) is 1.07. The van der Waals surface area contributed by atoms with Gasteiger partial charge >= 0.3 is 0 Å². The van der Waals surface area contributed by atoms with Crippen molar-refractivity contribution >= 4 is 11.5 Å². The predicted molar refractivity (Wildman–Crippen MR) is 67.4 cm³/mol. The molecule has 0 amide bonds. The van der Waals surface area contributed by atoms with Crippen LogP contribution in [0.4, 0.5) is 0 Å². The molecule has 2 rings (SSSR count). The van der Waals surface area contributed by atoms with Crippen molar-refractivity contribution < 1.29 is 0 Å². The first-order chi connectivity index (χ1) is 7.95. The molecule has 0 atom stereocenters. The standard InChI is InChI=1S/C12H21N3S/c1-2-5-11(6-3-1)7-4-8-13-9-12-10-16-15-14-12/h10-11,13H,1-9H2. The molecule has 1 heterocycles. The summed E-state index contributed by atoms with van der Waals surface area (Å²) >= 11 is 1.42. The molecule has 0 spiro atoms. The molecule has 4 heteroatoms. The van der Waals surface area contributed by atoms with Crippen LogP contribution in [0.1, 0.15) is 50.6 Å². The zero-order chi connectivity index (χ0) is 11.1. The van der Waals surface area contributed by atoms with Crippen LogP contribution < -0.4 is 5.32 Å². The lowest BCUT2D eigenvalue weighted by molar-refractivity contribution is 0.330. The highest BCUT2D eigenvalue weighted by Gasteiger charge is 2.12. The fourth-order valence-corrected chi connectivity index (χ4v) is 2.92. The van der Waals surface area contributed by atoms with Gasteiger partial charge in [0, 0.05) is 11.9 Å². The smallest absolute Gasteiger partial charge is 0.0893 e. The van der Waals surface area contributed by atoms with Gasteiger partial charge in [0.2, 0.25) is 0 Å². The summed E-state index contributed by atoms with van der Waals surface area (Å²) in [5.74, 6) is 1.01. The average molecular weight is 239 g/mol. The number of hydrogen-bond donors (Lipinski definition) is 1. The normalized spacial score (nSPS) is 17.8. The Morgan fingerprint density at radius 2 is 2.19 bits per heavy atom. The van der Waals surface area contributed by atoms with Crippen LogP contribution in [0.3, 0.4) is 0 Å². The van der Waals surface area contributed by atoms with E-state index < -0.39 is 0 Å². The van der Waals surface area contributed by atoms with Crippen LogP contribution in [0.2, 0.25) is 0 Å². The maximum Gasteiger partial charge on any atom is 0.0893 e. The fourth-order valence-electron chi connectivity index (χ4n) is 2.47. The SMILES string of the molecule is c1snnc1CNCCCC1CCCCC1. The van der Waals surface area contributed by atoms with Gasteiger partial charge in [-0.05, 0) is 36.8 Å². The zero-order valence-corrected chi connectivity index (χ0v) is 10.6. The Morgan fingerprint density at radius 3 is 2.94 bits per heavy atom. The first-order valence-electron chi connectivity index (χ1n) is 6.42. The van der Waals surface area contributed by atoms with Gasteiger partial charge in [-0.1, -0.05) is 36.6 Å². The molecular formula is C12H21N3S. The van der Waals surface area contributed by atoms with Gasteiger partial charge in [0.05, 0.1) is 5.69 Å². The van der Waals surface area contributed by atoms with E-state index in [0.717, 1.165) is 24.7 Å². The van der Waals surface area contributed by atoms with E-state index >= 15 is 0 Å². The summed E-state index contributed by atoms with van der Waals surface area (Å²) in [4.78, 5) is 0. The van der Waals surface area contributed by atoms with E-state index in [1.165, 1.54) is 56.5 Å².